The van der Waals surface area contributed by atoms with E-state index in [1.54, 1.807) is 4.90 Å². The normalized spacial score (nSPS) is 18.5. The SMILES string of the molecule is CN(C)c1cccc(C(=O)N2CCC3(CC2)CC(OC(=O)O)=NO3)c1. The second-order valence-electron chi connectivity index (χ2n) is 6.54. The van der Waals surface area contributed by atoms with Gasteiger partial charge in [0.05, 0.1) is 6.42 Å². The van der Waals surface area contributed by atoms with Crippen LogP contribution in [0.15, 0.2) is 29.4 Å². The van der Waals surface area contributed by atoms with Gasteiger partial charge in [-0.25, -0.2) is 4.79 Å². The lowest BCUT2D eigenvalue weighted by molar-refractivity contribution is -0.0568. The number of benzene rings is 1. The minimum atomic E-state index is -1.40. The van der Waals surface area contributed by atoms with E-state index in [1.807, 2.05) is 43.3 Å². The van der Waals surface area contributed by atoms with Gasteiger partial charge in [0.15, 0.2) is 0 Å². The first-order chi connectivity index (χ1) is 11.9. The molecule has 1 N–H and O–H groups in total. The summed E-state index contributed by atoms with van der Waals surface area (Å²) in [5.74, 6) is 0.0606. The van der Waals surface area contributed by atoms with Crippen molar-refractivity contribution >= 4 is 23.6 Å². The molecule has 0 saturated carbocycles. The molecule has 3 rings (SSSR count). The number of hydrogen-bond acceptors (Lipinski definition) is 6. The van der Waals surface area contributed by atoms with E-state index < -0.39 is 11.8 Å². The Morgan fingerprint density at radius 1 is 1.32 bits per heavy atom. The number of carbonyl (C=O) groups excluding carboxylic acids is 1. The van der Waals surface area contributed by atoms with Crippen molar-refractivity contribution in [1.82, 2.24) is 4.90 Å². The number of rotatable bonds is 2. The minimum absolute atomic E-state index is 0.0144. The fourth-order valence-electron chi connectivity index (χ4n) is 3.13. The summed E-state index contributed by atoms with van der Waals surface area (Å²) in [4.78, 5) is 32.5. The third kappa shape index (κ3) is 3.67. The largest absolute Gasteiger partial charge is 0.512 e. The zero-order valence-corrected chi connectivity index (χ0v) is 14.3. The molecule has 1 fully saturated rings. The van der Waals surface area contributed by atoms with Crippen LogP contribution in [0.3, 0.4) is 0 Å². The predicted molar refractivity (Wildman–Crippen MR) is 90.9 cm³/mol. The minimum Gasteiger partial charge on any atom is -0.449 e. The maximum absolute atomic E-state index is 12.7. The predicted octanol–water partition coefficient (Wildman–Crippen LogP) is 2.16. The van der Waals surface area contributed by atoms with Crippen LogP contribution in [-0.4, -0.2) is 60.8 Å². The summed E-state index contributed by atoms with van der Waals surface area (Å²) in [7, 11) is 3.87. The van der Waals surface area contributed by atoms with Crippen LogP contribution >= 0.6 is 0 Å². The van der Waals surface area contributed by atoms with Crippen molar-refractivity contribution < 1.29 is 24.3 Å². The molecule has 1 saturated heterocycles. The van der Waals surface area contributed by atoms with Gasteiger partial charge in [-0.1, -0.05) is 11.2 Å². The van der Waals surface area contributed by atoms with Gasteiger partial charge in [-0.05, 0) is 18.2 Å². The van der Waals surface area contributed by atoms with Crippen molar-refractivity contribution in [3.05, 3.63) is 29.8 Å². The Hall–Kier alpha value is -2.77. The van der Waals surface area contributed by atoms with Crippen molar-refractivity contribution in [3.63, 3.8) is 0 Å². The van der Waals surface area contributed by atoms with Crippen LogP contribution in [0.5, 0.6) is 0 Å². The summed E-state index contributed by atoms with van der Waals surface area (Å²) in [5, 5.41) is 12.4. The lowest BCUT2D eigenvalue weighted by Crippen LogP contribution is -2.47. The van der Waals surface area contributed by atoms with Gasteiger partial charge in [0.1, 0.15) is 5.60 Å². The van der Waals surface area contributed by atoms with Crippen LogP contribution in [0.2, 0.25) is 0 Å². The Bertz CT molecular complexity index is 708. The molecule has 2 aliphatic rings. The number of oxime groups is 1. The topological polar surface area (TPSA) is 91.7 Å². The highest BCUT2D eigenvalue weighted by molar-refractivity contribution is 5.95. The first kappa shape index (κ1) is 17.1. The average molecular weight is 347 g/mol. The molecular formula is C17H21N3O5. The summed E-state index contributed by atoms with van der Waals surface area (Å²) in [6, 6.07) is 7.52. The molecule has 0 unspecified atom stereocenters. The van der Waals surface area contributed by atoms with E-state index in [0.29, 0.717) is 37.9 Å². The number of hydrogen-bond donors (Lipinski definition) is 1. The zero-order valence-electron chi connectivity index (χ0n) is 14.3. The lowest BCUT2D eigenvalue weighted by Gasteiger charge is -2.37. The number of nitrogens with zero attached hydrogens (tertiary/aromatic N) is 3. The van der Waals surface area contributed by atoms with Gasteiger partial charge in [0.25, 0.3) is 5.91 Å². The standard InChI is InChI=1S/C17H21N3O5/c1-19(2)13-5-3-4-12(10-13)15(21)20-8-6-17(7-9-20)11-14(18-25-17)24-16(22)23/h3-5,10H,6-9,11H2,1-2H3,(H,22,23). The van der Waals surface area contributed by atoms with Crippen LogP contribution in [0, 0.1) is 0 Å². The fourth-order valence-corrected chi connectivity index (χ4v) is 3.13. The van der Waals surface area contributed by atoms with Gasteiger partial charge in [0.2, 0.25) is 5.90 Å². The number of anilines is 1. The third-order valence-corrected chi connectivity index (χ3v) is 4.59. The maximum atomic E-state index is 12.7. The quantitative estimate of drug-likeness (QED) is 0.824. The molecule has 8 nitrogen and oxygen atoms in total. The third-order valence-electron chi connectivity index (χ3n) is 4.59. The molecule has 1 spiro atoms. The molecule has 0 atom stereocenters. The van der Waals surface area contributed by atoms with E-state index >= 15 is 0 Å². The number of piperidine rings is 1. The summed E-state index contributed by atoms with van der Waals surface area (Å²) in [6.07, 6.45) is 0.0922. The van der Waals surface area contributed by atoms with Gasteiger partial charge in [-0.2, -0.15) is 0 Å². The molecule has 0 radical (unpaired) electrons. The van der Waals surface area contributed by atoms with Crippen LogP contribution < -0.4 is 4.90 Å². The number of amides is 1. The highest BCUT2D eigenvalue weighted by atomic mass is 16.7. The highest BCUT2D eigenvalue weighted by Gasteiger charge is 2.44. The van der Waals surface area contributed by atoms with Gasteiger partial charge >= 0.3 is 6.16 Å². The molecule has 1 aromatic rings. The van der Waals surface area contributed by atoms with Crippen LogP contribution in [-0.2, 0) is 9.57 Å². The van der Waals surface area contributed by atoms with Gasteiger partial charge in [-0.3, -0.25) is 4.79 Å². The van der Waals surface area contributed by atoms with Crippen molar-refractivity contribution in [2.45, 2.75) is 24.9 Å². The van der Waals surface area contributed by atoms with Crippen LogP contribution in [0.25, 0.3) is 0 Å². The fraction of sp³-hybridized carbons (Fsp3) is 0.471. The molecule has 0 aromatic heterocycles. The van der Waals surface area contributed by atoms with E-state index in [0.717, 1.165) is 5.69 Å². The molecule has 1 aromatic carbocycles. The summed E-state index contributed by atoms with van der Waals surface area (Å²) >= 11 is 0. The van der Waals surface area contributed by atoms with E-state index in [9.17, 15) is 9.59 Å². The zero-order chi connectivity index (χ0) is 18.0. The lowest BCUT2D eigenvalue weighted by atomic mass is 9.88. The van der Waals surface area contributed by atoms with Crippen molar-refractivity contribution in [3.8, 4) is 0 Å². The molecule has 8 heteroatoms. The van der Waals surface area contributed by atoms with Gasteiger partial charge in [-0.15, -0.1) is 0 Å². The van der Waals surface area contributed by atoms with E-state index in [-0.39, 0.29) is 11.8 Å². The maximum Gasteiger partial charge on any atom is 0.512 e. The van der Waals surface area contributed by atoms with Crippen molar-refractivity contribution in [2.75, 3.05) is 32.1 Å². The highest BCUT2D eigenvalue weighted by Crippen LogP contribution is 2.35. The molecular weight excluding hydrogens is 326 g/mol. The van der Waals surface area contributed by atoms with E-state index in [2.05, 4.69) is 9.89 Å². The summed E-state index contributed by atoms with van der Waals surface area (Å²) < 4.78 is 4.57. The molecule has 1 amide bonds. The van der Waals surface area contributed by atoms with Crippen molar-refractivity contribution in [2.24, 2.45) is 5.16 Å². The monoisotopic (exact) mass is 347 g/mol. The number of carboxylic acid groups (broad SMARTS) is 1. The molecule has 134 valence electrons. The molecule has 25 heavy (non-hydrogen) atoms. The Kier molecular flexibility index (Phi) is 4.52. The smallest absolute Gasteiger partial charge is 0.449 e. The molecule has 0 aliphatic carbocycles. The second kappa shape index (κ2) is 6.62. The first-order valence-electron chi connectivity index (χ1n) is 8.11. The van der Waals surface area contributed by atoms with Crippen molar-refractivity contribution in [1.29, 1.82) is 0 Å². The Morgan fingerprint density at radius 2 is 2.04 bits per heavy atom. The first-order valence-corrected chi connectivity index (χ1v) is 8.11. The van der Waals surface area contributed by atoms with Gasteiger partial charge in [0, 0.05) is 51.3 Å². The Labute approximate surface area is 145 Å². The Morgan fingerprint density at radius 3 is 2.68 bits per heavy atom. The van der Waals surface area contributed by atoms with Crippen LogP contribution in [0.4, 0.5) is 10.5 Å². The average Bonchev–Trinajstić information content (AvgIpc) is 2.96. The van der Waals surface area contributed by atoms with Gasteiger partial charge < -0.3 is 24.5 Å². The molecule has 0 bridgehead atoms. The summed E-state index contributed by atoms with van der Waals surface area (Å²) in [5.41, 5.74) is 1.07. The molecule has 2 aliphatic heterocycles. The van der Waals surface area contributed by atoms with E-state index in [1.165, 1.54) is 0 Å². The number of ether oxygens (including phenoxy) is 1. The second-order valence-corrected chi connectivity index (χ2v) is 6.54. The number of carbonyl (C=O) groups is 2. The molecule has 2 heterocycles. The number of likely N-dealkylation sites (tertiary alicyclic amines) is 1. The van der Waals surface area contributed by atoms with E-state index in [4.69, 9.17) is 9.94 Å². The summed E-state index contributed by atoms with van der Waals surface area (Å²) in [6.45, 7) is 1.06. The van der Waals surface area contributed by atoms with Crippen LogP contribution in [0.1, 0.15) is 29.6 Å². The Balaban J connectivity index is 1.60.